The molecule has 0 amide bonds. The van der Waals surface area contributed by atoms with Crippen LogP contribution in [0, 0.1) is 6.92 Å². The molecule has 2 aromatic rings. The Morgan fingerprint density at radius 1 is 1.21 bits per heavy atom. The van der Waals surface area contributed by atoms with E-state index in [1.807, 2.05) is 18.2 Å². The first-order valence-electron chi connectivity index (χ1n) is 9.09. The zero-order chi connectivity index (χ0) is 21.2. The lowest BCUT2D eigenvalue weighted by molar-refractivity contribution is -0.147. The van der Waals surface area contributed by atoms with E-state index in [2.05, 4.69) is 35.8 Å². The maximum Gasteiger partial charge on any atom is 0.332 e. The van der Waals surface area contributed by atoms with Gasteiger partial charge in [-0.15, -0.1) is 0 Å². The minimum Gasteiger partial charge on any atom is -0.462 e. The lowest BCUT2D eigenvalue weighted by Crippen LogP contribution is -2.40. The number of aryl methyl sites for hydroxylation is 1. The lowest BCUT2D eigenvalue weighted by Gasteiger charge is -2.23. The van der Waals surface area contributed by atoms with Crippen LogP contribution in [0.25, 0.3) is 0 Å². The van der Waals surface area contributed by atoms with Gasteiger partial charge in [0, 0.05) is 7.11 Å². The smallest absolute Gasteiger partial charge is 0.332 e. The SMILES string of the molecule is COCC(=O)OCCNC(=S)NC(Cc1cccc(C)c1)c1cccc(Cl)c1Cl. The molecule has 0 aromatic heterocycles. The quantitative estimate of drug-likeness (QED) is 0.335. The van der Waals surface area contributed by atoms with Crippen molar-refractivity contribution in [1.82, 2.24) is 10.6 Å². The third-order valence-electron chi connectivity index (χ3n) is 4.10. The largest absolute Gasteiger partial charge is 0.462 e. The molecule has 5 nitrogen and oxygen atoms in total. The van der Waals surface area contributed by atoms with Crippen molar-refractivity contribution in [1.29, 1.82) is 0 Å². The number of rotatable bonds is 9. The maximum absolute atomic E-state index is 11.3. The van der Waals surface area contributed by atoms with Crippen molar-refractivity contribution in [2.45, 2.75) is 19.4 Å². The molecule has 0 heterocycles. The van der Waals surface area contributed by atoms with Gasteiger partial charge in [0.25, 0.3) is 0 Å². The number of halogens is 2. The fourth-order valence-corrected chi connectivity index (χ4v) is 3.49. The second-order valence-electron chi connectivity index (χ2n) is 6.44. The fourth-order valence-electron chi connectivity index (χ4n) is 2.80. The number of ether oxygens (including phenoxy) is 2. The average molecular weight is 455 g/mol. The molecule has 0 spiro atoms. The van der Waals surface area contributed by atoms with Crippen LogP contribution < -0.4 is 10.6 Å². The Balaban J connectivity index is 2.04. The monoisotopic (exact) mass is 454 g/mol. The van der Waals surface area contributed by atoms with Crippen LogP contribution in [0.3, 0.4) is 0 Å². The van der Waals surface area contributed by atoms with E-state index in [1.165, 1.54) is 12.7 Å². The number of hydrogen-bond acceptors (Lipinski definition) is 4. The number of methoxy groups -OCH3 is 1. The van der Waals surface area contributed by atoms with Gasteiger partial charge < -0.3 is 20.1 Å². The van der Waals surface area contributed by atoms with Gasteiger partial charge in [0.15, 0.2) is 5.11 Å². The summed E-state index contributed by atoms with van der Waals surface area (Å²) in [5.74, 6) is -0.420. The molecule has 2 rings (SSSR count). The standard InChI is InChI=1S/C21H24Cl2N2O3S/c1-14-5-3-6-15(11-14)12-18(16-7-4-8-17(22)20(16)23)25-21(29)24-9-10-28-19(26)13-27-2/h3-8,11,18H,9-10,12-13H2,1-2H3,(H2,24,25,29). The number of benzene rings is 2. The maximum atomic E-state index is 11.3. The Kier molecular flexibility index (Phi) is 9.67. The molecule has 0 saturated carbocycles. The van der Waals surface area contributed by atoms with Crippen molar-refractivity contribution in [3.05, 3.63) is 69.2 Å². The number of carbonyl (C=O) groups excluding carboxylic acids is 1. The molecular weight excluding hydrogens is 431 g/mol. The highest BCUT2D eigenvalue weighted by Gasteiger charge is 2.18. The molecule has 156 valence electrons. The van der Waals surface area contributed by atoms with E-state index in [1.54, 1.807) is 6.07 Å². The number of nitrogens with one attached hydrogen (secondary N) is 2. The van der Waals surface area contributed by atoms with Gasteiger partial charge in [-0.1, -0.05) is 65.2 Å². The highest BCUT2D eigenvalue weighted by molar-refractivity contribution is 7.80. The summed E-state index contributed by atoms with van der Waals surface area (Å²) in [5, 5.41) is 7.75. The van der Waals surface area contributed by atoms with Crippen molar-refractivity contribution < 1.29 is 14.3 Å². The molecule has 0 radical (unpaired) electrons. The first kappa shape index (κ1) is 23.4. The number of carbonyl (C=O) groups is 1. The van der Waals surface area contributed by atoms with Gasteiger partial charge in [-0.3, -0.25) is 0 Å². The van der Waals surface area contributed by atoms with Crippen LogP contribution in [-0.4, -0.2) is 38.0 Å². The summed E-state index contributed by atoms with van der Waals surface area (Å²) in [5.41, 5.74) is 3.18. The summed E-state index contributed by atoms with van der Waals surface area (Å²) in [6.45, 7) is 2.54. The van der Waals surface area contributed by atoms with Crippen LogP contribution >= 0.6 is 35.4 Å². The summed E-state index contributed by atoms with van der Waals surface area (Å²) in [7, 11) is 1.44. The van der Waals surface area contributed by atoms with E-state index in [0.717, 1.165) is 11.1 Å². The fraction of sp³-hybridized carbons (Fsp3) is 0.333. The number of hydrogen-bond donors (Lipinski definition) is 2. The zero-order valence-corrected chi connectivity index (χ0v) is 18.7. The third-order valence-corrected chi connectivity index (χ3v) is 5.19. The molecule has 0 bridgehead atoms. The van der Waals surface area contributed by atoms with E-state index < -0.39 is 5.97 Å². The average Bonchev–Trinajstić information content (AvgIpc) is 2.67. The van der Waals surface area contributed by atoms with Gasteiger partial charge in [-0.25, -0.2) is 4.79 Å². The molecule has 8 heteroatoms. The summed E-state index contributed by atoms with van der Waals surface area (Å²) < 4.78 is 9.73. The Morgan fingerprint density at radius 2 is 1.97 bits per heavy atom. The zero-order valence-electron chi connectivity index (χ0n) is 16.3. The van der Waals surface area contributed by atoms with E-state index >= 15 is 0 Å². The van der Waals surface area contributed by atoms with Crippen molar-refractivity contribution >= 4 is 46.5 Å². The molecule has 2 N–H and O–H groups in total. The van der Waals surface area contributed by atoms with E-state index in [0.29, 0.717) is 28.1 Å². The van der Waals surface area contributed by atoms with Crippen LogP contribution in [0.1, 0.15) is 22.7 Å². The van der Waals surface area contributed by atoms with Gasteiger partial charge in [0.1, 0.15) is 13.2 Å². The predicted octanol–water partition coefficient (Wildman–Crippen LogP) is 4.24. The van der Waals surface area contributed by atoms with Crippen LogP contribution in [0.5, 0.6) is 0 Å². The highest BCUT2D eigenvalue weighted by Crippen LogP contribution is 2.31. The van der Waals surface area contributed by atoms with Gasteiger partial charge >= 0.3 is 5.97 Å². The molecule has 0 aliphatic rings. The van der Waals surface area contributed by atoms with Gasteiger partial charge in [-0.2, -0.15) is 0 Å². The summed E-state index contributed by atoms with van der Waals surface area (Å²) >= 11 is 18.1. The van der Waals surface area contributed by atoms with Crippen molar-refractivity contribution in [2.75, 3.05) is 26.9 Å². The second-order valence-corrected chi connectivity index (χ2v) is 7.64. The molecule has 1 atom stereocenters. The molecule has 2 aromatic carbocycles. The Labute approximate surface area is 186 Å². The molecule has 1 unspecified atom stereocenters. The molecule has 0 fully saturated rings. The third kappa shape index (κ3) is 7.82. The minimum atomic E-state index is -0.420. The van der Waals surface area contributed by atoms with E-state index in [-0.39, 0.29) is 19.3 Å². The minimum absolute atomic E-state index is 0.0749. The predicted molar refractivity (Wildman–Crippen MR) is 121 cm³/mol. The summed E-state index contributed by atoms with van der Waals surface area (Å²) in [6, 6.07) is 13.6. The van der Waals surface area contributed by atoms with Crippen LogP contribution in [0.4, 0.5) is 0 Å². The van der Waals surface area contributed by atoms with E-state index in [4.69, 9.17) is 44.9 Å². The first-order chi connectivity index (χ1) is 13.9. The Hall–Kier alpha value is -1.86. The highest BCUT2D eigenvalue weighted by atomic mass is 35.5. The van der Waals surface area contributed by atoms with Crippen LogP contribution in [0.15, 0.2) is 42.5 Å². The van der Waals surface area contributed by atoms with Gasteiger partial charge in [0.2, 0.25) is 0 Å². The first-order valence-corrected chi connectivity index (χ1v) is 10.3. The molecular formula is C21H24Cl2N2O3S. The van der Waals surface area contributed by atoms with E-state index in [9.17, 15) is 4.79 Å². The molecule has 0 aliphatic carbocycles. The van der Waals surface area contributed by atoms with Gasteiger partial charge in [-0.05, 0) is 42.8 Å². The van der Waals surface area contributed by atoms with Crippen molar-refractivity contribution in [2.24, 2.45) is 0 Å². The van der Waals surface area contributed by atoms with Crippen molar-refractivity contribution in [3.63, 3.8) is 0 Å². The van der Waals surface area contributed by atoms with Gasteiger partial charge in [0.05, 0.1) is 22.6 Å². The normalized spacial score (nSPS) is 11.6. The van der Waals surface area contributed by atoms with Crippen molar-refractivity contribution in [3.8, 4) is 0 Å². The summed E-state index contributed by atoms with van der Waals surface area (Å²) in [6.07, 6.45) is 0.673. The molecule has 0 aliphatic heterocycles. The Morgan fingerprint density at radius 3 is 2.69 bits per heavy atom. The molecule has 29 heavy (non-hydrogen) atoms. The Bertz CT molecular complexity index is 848. The molecule has 0 saturated heterocycles. The second kappa shape index (κ2) is 12.0. The topological polar surface area (TPSA) is 59.6 Å². The van der Waals surface area contributed by atoms with Crippen LogP contribution in [-0.2, 0) is 20.7 Å². The summed E-state index contributed by atoms with van der Waals surface area (Å²) in [4.78, 5) is 11.3. The number of esters is 1. The number of thiocarbonyl (C=S) groups is 1. The lowest BCUT2D eigenvalue weighted by atomic mass is 9.98. The van der Waals surface area contributed by atoms with Crippen LogP contribution in [0.2, 0.25) is 10.0 Å².